The summed E-state index contributed by atoms with van der Waals surface area (Å²) in [5.41, 5.74) is 8.71. The number of fused-ring (bicyclic) bond motifs is 5. The molecule has 9 aromatic carbocycles. The van der Waals surface area contributed by atoms with Crippen molar-refractivity contribution in [3.8, 4) is 27.9 Å². The third kappa shape index (κ3) is 3.44. The Morgan fingerprint density at radius 1 is 0.311 bits per heavy atom. The van der Waals surface area contributed by atoms with Crippen LogP contribution in [-0.2, 0) is 0 Å². The smallest absolute Gasteiger partial charge is 0.0547 e. The van der Waals surface area contributed by atoms with Crippen molar-refractivity contribution in [2.75, 3.05) is 0 Å². The Hall–Kier alpha value is -5.92. The summed E-state index contributed by atoms with van der Waals surface area (Å²) in [6, 6.07) is 60.2. The van der Waals surface area contributed by atoms with Crippen LogP contribution in [0.3, 0.4) is 0 Å². The van der Waals surface area contributed by atoms with Crippen molar-refractivity contribution in [2.45, 2.75) is 0 Å². The van der Waals surface area contributed by atoms with Gasteiger partial charge in [-0.3, -0.25) is 0 Å². The molecule has 1 nitrogen and oxygen atoms in total. The van der Waals surface area contributed by atoms with Crippen LogP contribution in [0.5, 0.6) is 0 Å². The predicted octanol–water partition coefficient (Wildman–Crippen LogP) is 12.2. The van der Waals surface area contributed by atoms with E-state index in [2.05, 4.69) is 168 Å². The Morgan fingerprint density at radius 3 is 1.62 bits per heavy atom. The first-order chi connectivity index (χ1) is 22.3. The highest BCUT2D eigenvalue weighted by atomic mass is 15.0. The van der Waals surface area contributed by atoms with Gasteiger partial charge in [-0.15, -0.1) is 0 Å². The molecule has 0 radical (unpaired) electrons. The topological polar surface area (TPSA) is 4.93 Å². The second-order valence-electron chi connectivity index (χ2n) is 12.1. The summed E-state index contributed by atoms with van der Waals surface area (Å²) in [7, 11) is 0. The van der Waals surface area contributed by atoms with Crippen LogP contribution in [-0.4, -0.2) is 4.57 Å². The van der Waals surface area contributed by atoms with Crippen LogP contribution in [0.4, 0.5) is 0 Å². The van der Waals surface area contributed by atoms with Crippen LogP contribution in [0.2, 0.25) is 0 Å². The van der Waals surface area contributed by atoms with Gasteiger partial charge in [-0.25, -0.2) is 0 Å². The largest absolute Gasteiger partial charge is 0.309 e. The molecule has 10 aromatic rings. The Labute approximate surface area is 260 Å². The summed E-state index contributed by atoms with van der Waals surface area (Å²) in [5.74, 6) is 0. The molecule has 0 amide bonds. The Bertz CT molecular complexity index is 2730. The normalized spacial score (nSPS) is 12.0. The van der Waals surface area contributed by atoms with Gasteiger partial charge in [0, 0.05) is 16.5 Å². The molecule has 1 aromatic heterocycles. The fraction of sp³-hybridized carbons (Fsp3) is 0. The van der Waals surface area contributed by atoms with E-state index in [1.807, 2.05) is 0 Å². The average molecular weight is 570 g/mol. The van der Waals surface area contributed by atoms with E-state index in [9.17, 15) is 0 Å². The van der Waals surface area contributed by atoms with Crippen LogP contribution in [0.1, 0.15) is 0 Å². The van der Waals surface area contributed by atoms with Gasteiger partial charge in [0.2, 0.25) is 0 Å². The Kier molecular flexibility index (Phi) is 5.06. The van der Waals surface area contributed by atoms with E-state index in [4.69, 9.17) is 0 Å². The number of rotatable bonds is 3. The van der Waals surface area contributed by atoms with Crippen molar-refractivity contribution in [1.82, 2.24) is 4.57 Å². The second kappa shape index (κ2) is 9.29. The minimum Gasteiger partial charge on any atom is -0.309 e. The van der Waals surface area contributed by atoms with Crippen molar-refractivity contribution in [3.05, 3.63) is 164 Å². The van der Waals surface area contributed by atoms with Gasteiger partial charge >= 0.3 is 0 Å². The molecule has 10 rings (SSSR count). The van der Waals surface area contributed by atoms with Gasteiger partial charge in [0.25, 0.3) is 0 Å². The van der Waals surface area contributed by atoms with E-state index in [0.29, 0.717) is 0 Å². The van der Waals surface area contributed by atoms with Crippen LogP contribution in [0.15, 0.2) is 164 Å². The Morgan fingerprint density at radius 2 is 0.867 bits per heavy atom. The standard InChI is InChI=1S/C44H27N/c1-3-11-28(12-4-1)32-23-25-41-43-37(32)21-22-38-36(24-26-42(44(38)43)45(41)30-14-5-2-6-15-30)40-27-39-31-16-8-7-13-29(31)19-20-35(39)33-17-9-10-18-34(33)40/h1-27H. The first-order valence-electron chi connectivity index (χ1n) is 15.6. The first-order valence-corrected chi connectivity index (χ1v) is 15.6. The lowest BCUT2D eigenvalue weighted by atomic mass is 9.87. The van der Waals surface area contributed by atoms with Crippen molar-refractivity contribution < 1.29 is 0 Å². The summed E-state index contributed by atoms with van der Waals surface area (Å²) >= 11 is 0. The van der Waals surface area contributed by atoms with Crippen LogP contribution in [0.25, 0.3) is 92.8 Å². The number of hydrogen-bond donors (Lipinski definition) is 0. The second-order valence-corrected chi connectivity index (χ2v) is 12.1. The summed E-state index contributed by atoms with van der Waals surface area (Å²) < 4.78 is 2.44. The van der Waals surface area contributed by atoms with Gasteiger partial charge in [0.1, 0.15) is 0 Å². The molecule has 0 aliphatic heterocycles. The minimum atomic E-state index is 1.18. The van der Waals surface area contributed by atoms with Gasteiger partial charge in [-0.1, -0.05) is 133 Å². The van der Waals surface area contributed by atoms with E-state index < -0.39 is 0 Å². The van der Waals surface area contributed by atoms with Gasteiger partial charge in [0.05, 0.1) is 11.0 Å². The molecule has 0 bridgehead atoms. The zero-order valence-corrected chi connectivity index (χ0v) is 24.5. The molecule has 0 atom stereocenters. The fourth-order valence-electron chi connectivity index (χ4n) is 7.80. The predicted molar refractivity (Wildman–Crippen MR) is 193 cm³/mol. The summed E-state index contributed by atoms with van der Waals surface area (Å²) in [5, 5.41) is 13.0. The highest BCUT2D eigenvalue weighted by molar-refractivity contribution is 6.30. The zero-order chi connectivity index (χ0) is 29.5. The zero-order valence-electron chi connectivity index (χ0n) is 24.5. The van der Waals surface area contributed by atoms with Gasteiger partial charge < -0.3 is 4.57 Å². The molecule has 0 aliphatic rings. The summed E-state index contributed by atoms with van der Waals surface area (Å²) in [4.78, 5) is 0. The molecule has 1 heteroatoms. The molecular formula is C44H27N. The molecule has 0 saturated carbocycles. The number of aromatic nitrogens is 1. The number of nitrogens with zero attached hydrogens (tertiary/aromatic N) is 1. The van der Waals surface area contributed by atoms with Crippen molar-refractivity contribution >= 4 is 64.9 Å². The highest BCUT2D eigenvalue weighted by Gasteiger charge is 2.22. The van der Waals surface area contributed by atoms with Crippen LogP contribution >= 0.6 is 0 Å². The van der Waals surface area contributed by atoms with Crippen LogP contribution < -0.4 is 0 Å². The lowest BCUT2D eigenvalue weighted by Crippen LogP contribution is -1.93. The van der Waals surface area contributed by atoms with Gasteiger partial charge in [0.15, 0.2) is 0 Å². The third-order valence-electron chi connectivity index (χ3n) is 9.75. The molecule has 0 spiro atoms. The molecule has 0 fully saturated rings. The van der Waals surface area contributed by atoms with Crippen LogP contribution in [0, 0.1) is 0 Å². The maximum atomic E-state index is 2.44. The van der Waals surface area contributed by atoms with Gasteiger partial charge in [-0.05, 0) is 95.7 Å². The van der Waals surface area contributed by atoms with Crippen molar-refractivity contribution in [2.24, 2.45) is 0 Å². The minimum absolute atomic E-state index is 1.18. The molecule has 0 N–H and O–H groups in total. The van der Waals surface area contributed by atoms with Crippen molar-refractivity contribution in [3.63, 3.8) is 0 Å². The summed E-state index contributed by atoms with van der Waals surface area (Å²) in [6.45, 7) is 0. The average Bonchev–Trinajstić information content (AvgIpc) is 3.46. The fourth-order valence-corrected chi connectivity index (χ4v) is 7.80. The number of para-hydroxylation sites is 1. The molecule has 45 heavy (non-hydrogen) atoms. The maximum Gasteiger partial charge on any atom is 0.0547 e. The monoisotopic (exact) mass is 569 g/mol. The third-order valence-corrected chi connectivity index (χ3v) is 9.75. The van der Waals surface area contributed by atoms with E-state index >= 15 is 0 Å². The molecule has 0 unspecified atom stereocenters. The molecule has 1 heterocycles. The van der Waals surface area contributed by atoms with E-state index in [-0.39, 0.29) is 0 Å². The Balaban J connectivity index is 1.36. The number of benzene rings is 9. The SMILES string of the molecule is c1ccc(-c2ccc3c4c2ccc2c(-c5cc6c7ccccc7ccc6c6ccccc56)ccc(c24)n3-c2ccccc2)cc1. The van der Waals surface area contributed by atoms with E-state index in [1.165, 1.54) is 92.8 Å². The maximum absolute atomic E-state index is 2.44. The highest BCUT2D eigenvalue weighted by Crippen LogP contribution is 2.47. The van der Waals surface area contributed by atoms with Crippen molar-refractivity contribution in [1.29, 1.82) is 0 Å². The molecule has 208 valence electrons. The van der Waals surface area contributed by atoms with E-state index in [1.54, 1.807) is 0 Å². The molecule has 0 saturated heterocycles. The lowest BCUT2D eigenvalue weighted by molar-refractivity contribution is 1.18. The number of hydrogen-bond acceptors (Lipinski definition) is 0. The molecule has 0 aliphatic carbocycles. The summed E-state index contributed by atoms with van der Waals surface area (Å²) in [6.07, 6.45) is 0. The first kappa shape index (κ1) is 24.5. The molecular weight excluding hydrogens is 542 g/mol. The lowest BCUT2D eigenvalue weighted by Gasteiger charge is -2.15. The quantitative estimate of drug-likeness (QED) is 0.187. The van der Waals surface area contributed by atoms with E-state index in [0.717, 1.165) is 0 Å². The van der Waals surface area contributed by atoms with Gasteiger partial charge in [-0.2, -0.15) is 0 Å².